The van der Waals surface area contributed by atoms with Gasteiger partial charge in [0, 0.05) is 0 Å². The van der Waals surface area contributed by atoms with Gasteiger partial charge >= 0.3 is 0 Å². The molecule has 2 N–H and O–H groups in total. The van der Waals surface area contributed by atoms with E-state index >= 15 is 0 Å². The molecule has 1 aliphatic rings. The maximum Gasteiger partial charge on any atom is 0.240 e. The zero-order chi connectivity index (χ0) is 13.0. The van der Waals surface area contributed by atoms with Gasteiger partial charge in [-0.3, -0.25) is 0 Å². The summed E-state index contributed by atoms with van der Waals surface area (Å²) in [6.45, 7) is 2.19. The van der Waals surface area contributed by atoms with Crippen LogP contribution in [0.3, 0.4) is 0 Å². The summed E-state index contributed by atoms with van der Waals surface area (Å²) in [5, 5.41) is 3.35. The summed E-state index contributed by atoms with van der Waals surface area (Å²) < 4.78 is 25.5. The van der Waals surface area contributed by atoms with Gasteiger partial charge in [0.05, 0.1) is 4.90 Å². The second-order valence-corrected chi connectivity index (χ2v) is 6.64. The molecule has 0 amide bonds. The fourth-order valence-electron chi connectivity index (χ4n) is 2.34. The SMILES string of the molecule is CNS(=O)(=O)c1ccc(CC2CCNCC2)cc1. The molecule has 1 saturated heterocycles. The molecule has 100 valence electrons. The van der Waals surface area contributed by atoms with Crippen LogP contribution < -0.4 is 10.0 Å². The Bertz CT molecular complexity index is 476. The third-order valence-corrected chi connectivity index (χ3v) is 4.92. The van der Waals surface area contributed by atoms with Crippen molar-refractivity contribution in [2.24, 2.45) is 5.92 Å². The summed E-state index contributed by atoms with van der Waals surface area (Å²) in [7, 11) is -1.88. The van der Waals surface area contributed by atoms with Crippen LogP contribution in [0, 0.1) is 5.92 Å². The molecule has 18 heavy (non-hydrogen) atoms. The molecule has 2 rings (SSSR count). The van der Waals surface area contributed by atoms with Crippen LogP contribution >= 0.6 is 0 Å². The number of rotatable bonds is 4. The lowest BCUT2D eigenvalue weighted by Crippen LogP contribution is -2.28. The van der Waals surface area contributed by atoms with Crippen LogP contribution in [0.5, 0.6) is 0 Å². The number of piperidine rings is 1. The topological polar surface area (TPSA) is 58.2 Å². The number of benzene rings is 1. The smallest absolute Gasteiger partial charge is 0.240 e. The first-order valence-corrected chi connectivity index (χ1v) is 7.83. The van der Waals surface area contributed by atoms with Crippen molar-refractivity contribution in [3.63, 3.8) is 0 Å². The number of hydrogen-bond acceptors (Lipinski definition) is 3. The van der Waals surface area contributed by atoms with E-state index in [2.05, 4.69) is 10.0 Å². The molecule has 5 heteroatoms. The van der Waals surface area contributed by atoms with Gasteiger partial charge in [0.15, 0.2) is 0 Å². The number of hydrogen-bond donors (Lipinski definition) is 2. The average Bonchev–Trinajstić information content (AvgIpc) is 2.40. The molecule has 0 aliphatic carbocycles. The number of nitrogens with one attached hydrogen (secondary N) is 2. The zero-order valence-electron chi connectivity index (χ0n) is 10.6. The van der Waals surface area contributed by atoms with Crippen LogP contribution in [0.2, 0.25) is 0 Å². The van der Waals surface area contributed by atoms with E-state index in [1.807, 2.05) is 12.1 Å². The Kier molecular flexibility index (Phi) is 4.37. The lowest BCUT2D eigenvalue weighted by molar-refractivity contribution is 0.372. The molecule has 1 heterocycles. The van der Waals surface area contributed by atoms with E-state index in [0.29, 0.717) is 4.90 Å². The highest BCUT2D eigenvalue weighted by Crippen LogP contribution is 2.19. The van der Waals surface area contributed by atoms with Gasteiger partial charge in [-0.2, -0.15) is 0 Å². The van der Waals surface area contributed by atoms with Crippen LogP contribution in [0.4, 0.5) is 0 Å². The quantitative estimate of drug-likeness (QED) is 0.861. The third-order valence-electron chi connectivity index (χ3n) is 3.49. The van der Waals surface area contributed by atoms with E-state index in [9.17, 15) is 8.42 Å². The third kappa shape index (κ3) is 3.31. The Morgan fingerprint density at radius 2 is 1.83 bits per heavy atom. The fourth-order valence-corrected chi connectivity index (χ4v) is 3.07. The van der Waals surface area contributed by atoms with Crippen LogP contribution in [0.25, 0.3) is 0 Å². The minimum atomic E-state index is -3.31. The summed E-state index contributed by atoms with van der Waals surface area (Å²) in [5.41, 5.74) is 1.22. The predicted octanol–water partition coefficient (Wildman–Crippen LogP) is 1.14. The highest BCUT2D eigenvalue weighted by atomic mass is 32.2. The summed E-state index contributed by atoms with van der Waals surface area (Å²) in [6.07, 6.45) is 3.45. The minimum absolute atomic E-state index is 0.332. The first kappa shape index (κ1) is 13.5. The molecule has 0 unspecified atom stereocenters. The van der Waals surface area contributed by atoms with Gasteiger partial charge in [-0.15, -0.1) is 0 Å². The largest absolute Gasteiger partial charge is 0.317 e. The van der Waals surface area contributed by atoms with E-state index < -0.39 is 10.0 Å². The van der Waals surface area contributed by atoms with Crippen LogP contribution in [0.1, 0.15) is 18.4 Å². The molecular weight excluding hydrogens is 248 g/mol. The Labute approximate surface area is 109 Å². The molecule has 0 atom stereocenters. The van der Waals surface area contributed by atoms with Crippen molar-refractivity contribution in [3.05, 3.63) is 29.8 Å². The Morgan fingerprint density at radius 3 is 2.39 bits per heavy atom. The van der Waals surface area contributed by atoms with E-state index in [0.717, 1.165) is 25.4 Å². The van der Waals surface area contributed by atoms with Gasteiger partial charge in [0.2, 0.25) is 10.0 Å². The normalized spacial score (nSPS) is 17.8. The van der Waals surface area contributed by atoms with Crippen molar-refractivity contribution in [2.75, 3.05) is 20.1 Å². The predicted molar refractivity (Wildman–Crippen MR) is 72.0 cm³/mol. The maximum atomic E-state index is 11.6. The molecular formula is C13H20N2O2S. The van der Waals surface area contributed by atoms with Crippen LogP contribution in [-0.4, -0.2) is 28.6 Å². The molecule has 0 spiro atoms. The minimum Gasteiger partial charge on any atom is -0.317 e. The van der Waals surface area contributed by atoms with Crippen molar-refractivity contribution in [1.29, 1.82) is 0 Å². The molecule has 1 aromatic carbocycles. The van der Waals surface area contributed by atoms with Crippen molar-refractivity contribution >= 4 is 10.0 Å². The molecule has 0 saturated carbocycles. The highest BCUT2D eigenvalue weighted by molar-refractivity contribution is 7.89. The Morgan fingerprint density at radius 1 is 1.22 bits per heavy atom. The summed E-state index contributed by atoms with van der Waals surface area (Å²) in [4.78, 5) is 0.332. The molecule has 1 aromatic rings. The van der Waals surface area contributed by atoms with Gasteiger partial charge in [-0.1, -0.05) is 12.1 Å². The molecule has 4 nitrogen and oxygen atoms in total. The van der Waals surface area contributed by atoms with Crippen molar-refractivity contribution in [2.45, 2.75) is 24.2 Å². The van der Waals surface area contributed by atoms with Crippen LogP contribution in [0.15, 0.2) is 29.2 Å². The second kappa shape index (κ2) is 5.82. The van der Waals surface area contributed by atoms with Gasteiger partial charge in [0.1, 0.15) is 0 Å². The summed E-state index contributed by atoms with van der Waals surface area (Å²) >= 11 is 0. The van der Waals surface area contributed by atoms with Gasteiger partial charge in [-0.25, -0.2) is 13.1 Å². The summed E-state index contributed by atoms with van der Waals surface area (Å²) in [5.74, 6) is 0.720. The highest BCUT2D eigenvalue weighted by Gasteiger charge is 2.14. The van der Waals surface area contributed by atoms with E-state index in [4.69, 9.17) is 0 Å². The first-order chi connectivity index (χ1) is 8.62. The Balaban J connectivity index is 2.03. The summed E-state index contributed by atoms with van der Waals surface area (Å²) in [6, 6.07) is 7.21. The Hall–Kier alpha value is -0.910. The van der Waals surface area contributed by atoms with E-state index in [1.54, 1.807) is 12.1 Å². The molecule has 0 aromatic heterocycles. The molecule has 0 bridgehead atoms. The first-order valence-electron chi connectivity index (χ1n) is 6.35. The van der Waals surface area contributed by atoms with E-state index in [-0.39, 0.29) is 0 Å². The van der Waals surface area contributed by atoms with Crippen molar-refractivity contribution < 1.29 is 8.42 Å². The van der Waals surface area contributed by atoms with Gasteiger partial charge in [-0.05, 0) is 63.0 Å². The van der Waals surface area contributed by atoms with Crippen molar-refractivity contribution in [1.82, 2.24) is 10.0 Å². The second-order valence-electron chi connectivity index (χ2n) is 4.75. The molecule has 1 fully saturated rings. The standard InChI is InChI=1S/C13H20N2O2S/c1-14-18(16,17)13-4-2-11(3-5-13)10-12-6-8-15-9-7-12/h2-5,12,14-15H,6-10H2,1H3. The molecule has 1 aliphatic heterocycles. The maximum absolute atomic E-state index is 11.6. The monoisotopic (exact) mass is 268 g/mol. The fraction of sp³-hybridized carbons (Fsp3) is 0.538. The number of sulfonamides is 1. The lowest BCUT2D eigenvalue weighted by Gasteiger charge is -2.22. The van der Waals surface area contributed by atoms with E-state index in [1.165, 1.54) is 25.5 Å². The van der Waals surface area contributed by atoms with Crippen LogP contribution in [-0.2, 0) is 16.4 Å². The van der Waals surface area contributed by atoms with Gasteiger partial charge < -0.3 is 5.32 Å². The molecule has 0 radical (unpaired) electrons. The van der Waals surface area contributed by atoms with Crippen molar-refractivity contribution in [3.8, 4) is 0 Å². The van der Waals surface area contributed by atoms with Gasteiger partial charge in [0.25, 0.3) is 0 Å². The average molecular weight is 268 g/mol. The zero-order valence-corrected chi connectivity index (χ0v) is 11.5. The lowest BCUT2D eigenvalue weighted by atomic mass is 9.91.